The van der Waals surface area contributed by atoms with Crippen molar-refractivity contribution >= 4 is 50.5 Å². The van der Waals surface area contributed by atoms with Gasteiger partial charge in [0, 0.05) is 6.04 Å². The first-order chi connectivity index (χ1) is 6.21. The van der Waals surface area contributed by atoms with E-state index in [1.165, 1.54) is 0 Å². The Morgan fingerprint density at radius 2 is 1.93 bits per heavy atom. The van der Waals surface area contributed by atoms with Crippen LogP contribution in [0, 0.1) is 0 Å². The first kappa shape index (κ1) is 12.4. The molecule has 1 unspecified atom stereocenters. The minimum absolute atomic E-state index is 0.0673. The van der Waals surface area contributed by atoms with Gasteiger partial charge in [0.15, 0.2) is 9.84 Å². The molecule has 1 amide bonds. The molecule has 0 spiro atoms. The number of carbonyl (C=O) groups is 1. The second-order valence-electron chi connectivity index (χ2n) is 3.07. The molecule has 4 nitrogen and oxygen atoms in total. The van der Waals surface area contributed by atoms with E-state index in [1.54, 1.807) is 0 Å². The molecular formula is C6H8Cl3NO3S. The molecule has 1 heterocycles. The van der Waals surface area contributed by atoms with E-state index in [1.807, 2.05) is 0 Å². The van der Waals surface area contributed by atoms with Crippen LogP contribution in [0.4, 0.5) is 0 Å². The highest BCUT2D eigenvalue weighted by Crippen LogP contribution is 2.26. The summed E-state index contributed by atoms with van der Waals surface area (Å²) in [4.78, 5) is 11.1. The summed E-state index contributed by atoms with van der Waals surface area (Å²) in [6.07, 6.45) is 0.370. The predicted molar refractivity (Wildman–Crippen MR) is 55.5 cm³/mol. The maximum absolute atomic E-state index is 11.1. The molecule has 1 fully saturated rings. The fraction of sp³-hybridized carbons (Fsp3) is 0.833. The summed E-state index contributed by atoms with van der Waals surface area (Å²) < 4.78 is 20.0. The third-order valence-corrected chi connectivity index (χ3v) is 4.11. The zero-order chi connectivity index (χ0) is 11.0. The van der Waals surface area contributed by atoms with Crippen molar-refractivity contribution < 1.29 is 13.2 Å². The van der Waals surface area contributed by atoms with Crippen LogP contribution >= 0.6 is 34.8 Å². The number of alkyl halides is 3. The number of halogens is 3. The summed E-state index contributed by atoms with van der Waals surface area (Å²) in [6.45, 7) is 0. The van der Waals surface area contributed by atoms with Gasteiger partial charge in [-0.1, -0.05) is 34.8 Å². The predicted octanol–water partition coefficient (Wildman–Crippen LogP) is 0.660. The first-order valence-corrected chi connectivity index (χ1v) is 6.74. The Morgan fingerprint density at radius 3 is 2.29 bits per heavy atom. The zero-order valence-electron chi connectivity index (χ0n) is 6.97. The van der Waals surface area contributed by atoms with E-state index >= 15 is 0 Å². The average Bonchev–Trinajstić information content (AvgIpc) is 2.28. The number of carbonyl (C=O) groups excluding carboxylic acids is 1. The molecule has 0 saturated carbocycles. The van der Waals surface area contributed by atoms with E-state index < -0.39 is 25.6 Å². The molecule has 0 aromatic rings. The van der Waals surface area contributed by atoms with Gasteiger partial charge >= 0.3 is 0 Å². The Morgan fingerprint density at radius 1 is 1.36 bits per heavy atom. The molecule has 1 saturated heterocycles. The lowest BCUT2D eigenvalue weighted by Gasteiger charge is -2.15. The fourth-order valence-corrected chi connectivity index (χ4v) is 3.01. The molecule has 0 aromatic heterocycles. The number of nitrogens with one attached hydrogen (secondary N) is 1. The van der Waals surface area contributed by atoms with Crippen molar-refractivity contribution in [3.8, 4) is 0 Å². The fourth-order valence-electron chi connectivity index (χ4n) is 1.18. The molecule has 0 aromatic carbocycles. The molecule has 1 aliphatic rings. The highest BCUT2D eigenvalue weighted by atomic mass is 35.6. The van der Waals surface area contributed by atoms with Crippen molar-refractivity contribution in [3.05, 3.63) is 0 Å². The van der Waals surface area contributed by atoms with E-state index in [2.05, 4.69) is 5.32 Å². The number of hydrogen-bond acceptors (Lipinski definition) is 3. The van der Waals surface area contributed by atoms with E-state index in [4.69, 9.17) is 34.8 Å². The van der Waals surface area contributed by atoms with Gasteiger partial charge in [0.1, 0.15) is 0 Å². The Labute approximate surface area is 96.8 Å². The molecule has 0 aliphatic carbocycles. The molecule has 1 aliphatic heterocycles. The maximum atomic E-state index is 11.1. The van der Waals surface area contributed by atoms with Crippen molar-refractivity contribution in [1.82, 2.24) is 5.32 Å². The summed E-state index contributed by atoms with van der Waals surface area (Å²) in [7, 11) is -3.03. The molecule has 1 rings (SSSR count). The van der Waals surface area contributed by atoms with Crippen LogP contribution in [0.25, 0.3) is 0 Å². The van der Waals surface area contributed by atoms with Gasteiger partial charge < -0.3 is 5.32 Å². The van der Waals surface area contributed by atoms with E-state index in [0.717, 1.165) is 0 Å². The maximum Gasteiger partial charge on any atom is 0.272 e. The molecule has 1 atom stereocenters. The third-order valence-electron chi connectivity index (χ3n) is 1.83. The van der Waals surface area contributed by atoms with Crippen LogP contribution in [0.2, 0.25) is 0 Å². The van der Waals surface area contributed by atoms with Gasteiger partial charge in [-0.05, 0) is 6.42 Å². The van der Waals surface area contributed by atoms with Crippen LogP contribution in [0.1, 0.15) is 6.42 Å². The molecule has 14 heavy (non-hydrogen) atoms. The normalized spacial score (nSPS) is 26.1. The lowest BCUT2D eigenvalue weighted by molar-refractivity contribution is -0.120. The van der Waals surface area contributed by atoms with Crippen LogP contribution in [-0.2, 0) is 14.6 Å². The molecule has 1 N–H and O–H groups in total. The molecule has 82 valence electrons. The van der Waals surface area contributed by atoms with E-state index in [9.17, 15) is 13.2 Å². The summed E-state index contributed by atoms with van der Waals surface area (Å²) >= 11 is 15.9. The quantitative estimate of drug-likeness (QED) is 0.718. The summed E-state index contributed by atoms with van der Waals surface area (Å²) in [5.74, 6) is -0.804. The van der Waals surface area contributed by atoms with Gasteiger partial charge in [0.25, 0.3) is 9.70 Å². The smallest absolute Gasteiger partial charge is 0.272 e. The van der Waals surface area contributed by atoms with Crippen molar-refractivity contribution in [3.63, 3.8) is 0 Å². The number of hydrogen-bond donors (Lipinski definition) is 1. The van der Waals surface area contributed by atoms with Gasteiger partial charge in [-0.2, -0.15) is 0 Å². The number of rotatable bonds is 1. The SMILES string of the molecule is O=C(NC1CCS(=O)(=O)C1)C(Cl)(Cl)Cl. The first-order valence-electron chi connectivity index (χ1n) is 3.79. The van der Waals surface area contributed by atoms with Crippen molar-refractivity contribution in [1.29, 1.82) is 0 Å². The highest BCUT2D eigenvalue weighted by molar-refractivity contribution is 7.91. The van der Waals surface area contributed by atoms with Crippen LogP contribution in [0.3, 0.4) is 0 Å². The third kappa shape index (κ3) is 3.46. The standard InChI is InChI=1S/C6H8Cl3NO3S/c7-6(8,9)5(11)10-4-1-2-14(12,13)3-4/h4H,1-3H2,(H,10,11). The lowest BCUT2D eigenvalue weighted by atomic mass is 10.3. The van der Waals surface area contributed by atoms with E-state index in [0.29, 0.717) is 6.42 Å². The van der Waals surface area contributed by atoms with Crippen LogP contribution in [0.5, 0.6) is 0 Å². The lowest BCUT2D eigenvalue weighted by Crippen LogP contribution is -2.42. The van der Waals surface area contributed by atoms with Crippen molar-refractivity contribution in [2.45, 2.75) is 16.3 Å². The summed E-state index contributed by atoms with van der Waals surface area (Å²) in [5, 5.41) is 2.36. The summed E-state index contributed by atoms with van der Waals surface area (Å²) in [6, 6.07) is -0.442. The molecule has 0 radical (unpaired) electrons. The van der Waals surface area contributed by atoms with Gasteiger partial charge in [-0.25, -0.2) is 8.42 Å². The number of amides is 1. The van der Waals surface area contributed by atoms with Crippen LogP contribution in [-0.4, -0.2) is 35.7 Å². The Hall–Kier alpha value is 0.290. The molecule has 0 bridgehead atoms. The van der Waals surface area contributed by atoms with E-state index in [-0.39, 0.29) is 11.5 Å². The molecule has 8 heteroatoms. The minimum Gasteiger partial charge on any atom is -0.349 e. The zero-order valence-corrected chi connectivity index (χ0v) is 10.0. The minimum atomic E-state index is -3.03. The topological polar surface area (TPSA) is 63.2 Å². The summed E-state index contributed by atoms with van der Waals surface area (Å²) in [5.41, 5.74) is 0. The highest BCUT2D eigenvalue weighted by Gasteiger charge is 2.35. The van der Waals surface area contributed by atoms with Crippen LogP contribution < -0.4 is 5.32 Å². The second kappa shape index (κ2) is 4.04. The van der Waals surface area contributed by atoms with Crippen LogP contribution in [0.15, 0.2) is 0 Å². The Bertz CT molecular complexity index is 335. The Balaban J connectivity index is 2.53. The van der Waals surface area contributed by atoms with Gasteiger partial charge in [-0.3, -0.25) is 4.79 Å². The largest absolute Gasteiger partial charge is 0.349 e. The van der Waals surface area contributed by atoms with Gasteiger partial charge in [0.2, 0.25) is 0 Å². The van der Waals surface area contributed by atoms with Gasteiger partial charge in [-0.15, -0.1) is 0 Å². The monoisotopic (exact) mass is 279 g/mol. The van der Waals surface area contributed by atoms with Crippen molar-refractivity contribution in [2.24, 2.45) is 0 Å². The second-order valence-corrected chi connectivity index (χ2v) is 7.58. The average molecular weight is 281 g/mol. The molecular weight excluding hydrogens is 272 g/mol. The number of sulfone groups is 1. The van der Waals surface area contributed by atoms with Crippen molar-refractivity contribution in [2.75, 3.05) is 11.5 Å². The van der Waals surface area contributed by atoms with Gasteiger partial charge in [0.05, 0.1) is 11.5 Å². The Kier molecular flexibility index (Phi) is 3.57.